The van der Waals surface area contributed by atoms with Crippen LogP contribution in [0.5, 0.6) is 0 Å². The summed E-state index contributed by atoms with van der Waals surface area (Å²) < 4.78 is 14.2. The molecule has 1 fully saturated rings. The Kier molecular flexibility index (Phi) is 8.40. The summed E-state index contributed by atoms with van der Waals surface area (Å²) in [4.78, 5) is 58.4. The number of hydrogen-bond donors (Lipinski definition) is 3. The fourth-order valence-corrected chi connectivity index (χ4v) is 5.32. The van der Waals surface area contributed by atoms with Crippen molar-refractivity contribution in [3.8, 4) is 0 Å². The summed E-state index contributed by atoms with van der Waals surface area (Å²) >= 11 is 0. The lowest BCUT2D eigenvalue weighted by molar-refractivity contribution is -0.144. The summed E-state index contributed by atoms with van der Waals surface area (Å²) in [7, 11) is 0. The topological polar surface area (TPSA) is 111 Å². The monoisotopic (exact) mass is 554 g/mol. The number of carbonyl (C=O) groups is 4. The van der Waals surface area contributed by atoms with Crippen LogP contribution in [0.4, 0.5) is 4.39 Å². The van der Waals surface area contributed by atoms with E-state index >= 15 is 0 Å². The Morgan fingerprint density at radius 1 is 1.07 bits per heavy atom. The second-order valence-corrected chi connectivity index (χ2v) is 13.7. The van der Waals surface area contributed by atoms with E-state index in [0.717, 1.165) is 0 Å². The van der Waals surface area contributed by atoms with Gasteiger partial charge >= 0.3 is 0 Å². The van der Waals surface area contributed by atoms with Gasteiger partial charge in [-0.25, -0.2) is 4.39 Å². The highest BCUT2D eigenvalue weighted by atomic mass is 19.1. The van der Waals surface area contributed by atoms with E-state index in [9.17, 15) is 23.6 Å². The van der Waals surface area contributed by atoms with E-state index in [2.05, 4.69) is 22.2 Å². The average molecular weight is 555 g/mol. The van der Waals surface area contributed by atoms with Crippen molar-refractivity contribution in [2.24, 2.45) is 22.2 Å². The molecule has 1 aromatic heterocycles. The van der Waals surface area contributed by atoms with Crippen LogP contribution in [0, 0.1) is 28.0 Å². The van der Waals surface area contributed by atoms with Gasteiger partial charge in [0.1, 0.15) is 23.6 Å². The fourth-order valence-electron chi connectivity index (χ4n) is 5.32. The largest absolute Gasteiger partial charge is 0.350 e. The van der Waals surface area contributed by atoms with Gasteiger partial charge in [-0.05, 0) is 46.4 Å². The van der Waals surface area contributed by atoms with Crippen molar-refractivity contribution in [2.45, 2.75) is 80.4 Å². The van der Waals surface area contributed by atoms with Gasteiger partial charge in [0.2, 0.25) is 11.8 Å². The Morgan fingerprint density at radius 3 is 2.20 bits per heavy atom. The lowest BCUT2D eigenvalue weighted by Crippen LogP contribution is -2.61. The number of ketones is 1. The van der Waals surface area contributed by atoms with Crippen LogP contribution in [-0.4, -0.2) is 58.1 Å². The number of aromatic amines is 1. The third-order valence-corrected chi connectivity index (χ3v) is 8.17. The number of H-pyrrole nitrogens is 1. The van der Waals surface area contributed by atoms with Crippen molar-refractivity contribution in [2.75, 3.05) is 6.54 Å². The first-order chi connectivity index (χ1) is 18.3. The second-order valence-electron chi connectivity index (χ2n) is 13.7. The summed E-state index contributed by atoms with van der Waals surface area (Å²) in [6.07, 6.45) is 1.20. The number of rotatable bonds is 7. The molecule has 1 saturated heterocycles. The van der Waals surface area contributed by atoms with Gasteiger partial charge in [0.05, 0.1) is 6.04 Å². The number of fused-ring (bicyclic) bond motifs is 1. The number of aromatic nitrogens is 1. The van der Waals surface area contributed by atoms with Crippen molar-refractivity contribution in [3.05, 3.63) is 48.4 Å². The number of nitrogens with one attached hydrogen (secondary N) is 3. The minimum atomic E-state index is -0.985. The van der Waals surface area contributed by atoms with E-state index in [0.29, 0.717) is 12.1 Å². The molecule has 0 aliphatic carbocycles. The predicted octanol–water partition coefficient (Wildman–Crippen LogP) is 4.61. The van der Waals surface area contributed by atoms with Crippen LogP contribution in [0.1, 0.15) is 72.8 Å². The van der Waals surface area contributed by atoms with Gasteiger partial charge in [0.15, 0.2) is 5.78 Å². The molecule has 0 bridgehead atoms. The van der Waals surface area contributed by atoms with E-state index in [1.807, 2.05) is 62.3 Å². The zero-order valence-corrected chi connectivity index (χ0v) is 25.1. The molecule has 1 unspecified atom stereocenters. The molecular formula is C31H43FN4O4. The van der Waals surface area contributed by atoms with E-state index in [-0.39, 0.29) is 22.8 Å². The van der Waals surface area contributed by atoms with Crippen LogP contribution in [0.2, 0.25) is 0 Å². The van der Waals surface area contributed by atoms with E-state index in [1.165, 1.54) is 23.1 Å². The maximum atomic E-state index is 14.2. The highest BCUT2D eigenvalue weighted by Crippen LogP contribution is 2.42. The number of halogens is 1. The number of benzene rings is 1. The average Bonchev–Trinajstić information content (AvgIpc) is 3.38. The van der Waals surface area contributed by atoms with Crippen LogP contribution < -0.4 is 10.6 Å². The van der Waals surface area contributed by atoms with Gasteiger partial charge in [-0.3, -0.25) is 19.2 Å². The number of hydrogen-bond acceptors (Lipinski definition) is 4. The molecule has 0 saturated carbocycles. The van der Waals surface area contributed by atoms with Crippen LogP contribution in [0.15, 0.2) is 36.9 Å². The van der Waals surface area contributed by atoms with Gasteiger partial charge in [-0.15, -0.1) is 0 Å². The van der Waals surface area contributed by atoms with Gasteiger partial charge in [0.25, 0.3) is 5.91 Å². The van der Waals surface area contributed by atoms with Gasteiger partial charge in [-0.2, -0.15) is 0 Å². The Hall–Kier alpha value is -3.49. The van der Waals surface area contributed by atoms with Crippen molar-refractivity contribution >= 4 is 34.4 Å². The molecule has 0 spiro atoms. The SMILES string of the molecule is C=CC(=O)C(NC(=O)[C@H]1N(C(=O)[C@@H](NC(=O)c2cc3c(F)cccc3[nH]2)C(C)(C)C)C[C@@H](C)C1(C)C)C(C)(C)C. The standard InChI is InChI=1S/C31H43FN4O4/c1-11-22(37)23(29(3,4)5)34-27(39)25-31(9,10)17(2)16-36(25)28(40)24(30(6,7)8)35-26(38)21-15-18-19(32)13-12-14-20(18)33-21/h11-15,17,23-25,33H,1,16H2,2-10H3,(H,34,39)(H,35,38)/t17-,23?,24-,25-/m1/s1. The molecule has 3 N–H and O–H groups in total. The molecular weight excluding hydrogens is 511 g/mol. The van der Waals surface area contributed by atoms with Gasteiger partial charge in [-0.1, -0.05) is 75.0 Å². The van der Waals surface area contributed by atoms with Crippen LogP contribution >= 0.6 is 0 Å². The first-order valence-corrected chi connectivity index (χ1v) is 13.7. The van der Waals surface area contributed by atoms with Crippen molar-refractivity contribution in [1.82, 2.24) is 20.5 Å². The number of amides is 3. The van der Waals surface area contributed by atoms with Crippen LogP contribution in [0.25, 0.3) is 10.9 Å². The van der Waals surface area contributed by atoms with Crippen LogP contribution in [0.3, 0.4) is 0 Å². The normalized spacial score (nSPS) is 20.6. The third-order valence-electron chi connectivity index (χ3n) is 8.17. The first kappa shape index (κ1) is 31.0. The molecule has 40 heavy (non-hydrogen) atoms. The van der Waals surface area contributed by atoms with Crippen molar-refractivity contribution in [3.63, 3.8) is 0 Å². The zero-order valence-electron chi connectivity index (χ0n) is 25.1. The molecule has 1 aliphatic rings. The summed E-state index contributed by atoms with van der Waals surface area (Å²) in [5.74, 6) is -2.19. The summed E-state index contributed by atoms with van der Waals surface area (Å²) in [6.45, 7) is 20.8. The number of likely N-dealkylation sites (tertiary alicyclic amines) is 1. The lowest BCUT2D eigenvalue weighted by Gasteiger charge is -2.39. The second kappa shape index (κ2) is 10.8. The molecule has 4 atom stereocenters. The summed E-state index contributed by atoms with van der Waals surface area (Å²) in [5, 5.41) is 6.01. The highest BCUT2D eigenvalue weighted by Gasteiger charge is 2.54. The molecule has 0 radical (unpaired) electrons. The molecule has 8 nitrogen and oxygen atoms in total. The maximum Gasteiger partial charge on any atom is 0.268 e. The number of nitrogens with zero attached hydrogens (tertiary/aromatic N) is 1. The Balaban J connectivity index is 1.95. The molecule has 2 heterocycles. The molecule has 2 aromatic rings. The quantitative estimate of drug-likeness (QED) is 0.434. The third kappa shape index (κ3) is 5.98. The molecule has 9 heteroatoms. The van der Waals surface area contributed by atoms with E-state index < -0.39 is 57.9 Å². The molecule has 1 aromatic carbocycles. The minimum Gasteiger partial charge on any atom is -0.350 e. The Morgan fingerprint density at radius 2 is 1.68 bits per heavy atom. The van der Waals surface area contributed by atoms with Gasteiger partial charge in [0, 0.05) is 17.4 Å². The minimum absolute atomic E-state index is 0.0385. The highest BCUT2D eigenvalue weighted by molar-refractivity contribution is 6.02. The van der Waals surface area contributed by atoms with E-state index in [4.69, 9.17) is 0 Å². The first-order valence-electron chi connectivity index (χ1n) is 13.7. The van der Waals surface area contributed by atoms with Crippen molar-refractivity contribution < 1.29 is 23.6 Å². The Labute approximate surface area is 236 Å². The predicted molar refractivity (Wildman–Crippen MR) is 154 cm³/mol. The van der Waals surface area contributed by atoms with Crippen LogP contribution in [-0.2, 0) is 14.4 Å². The molecule has 218 valence electrons. The van der Waals surface area contributed by atoms with Crippen molar-refractivity contribution in [1.29, 1.82) is 0 Å². The smallest absolute Gasteiger partial charge is 0.268 e. The number of carbonyl (C=O) groups excluding carboxylic acids is 4. The van der Waals surface area contributed by atoms with Gasteiger partial charge < -0.3 is 20.5 Å². The van der Waals surface area contributed by atoms with E-state index in [1.54, 1.807) is 12.1 Å². The zero-order chi connectivity index (χ0) is 30.4. The molecule has 1 aliphatic heterocycles. The fraction of sp³-hybridized carbons (Fsp3) is 0.548. The molecule has 3 amide bonds. The maximum absolute atomic E-state index is 14.2. The lowest BCUT2D eigenvalue weighted by atomic mass is 9.76. The summed E-state index contributed by atoms with van der Waals surface area (Å²) in [6, 6.07) is 3.27. The summed E-state index contributed by atoms with van der Waals surface area (Å²) in [5.41, 5.74) is -1.31. The Bertz CT molecular complexity index is 1330. The molecule has 3 rings (SSSR count).